The van der Waals surface area contributed by atoms with Gasteiger partial charge in [-0.1, -0.05) is 31.9 Å². The van der Waals surface area contributed by atoms with Gasteiger partial charge in [0.25, 0.3) is 5.69 Å². The molecule has 0 N–H and O–H groups in total. The Morgan fingerprint density at radius 3 is 2.60 bits per heavy atom. The van der Waals surface area contributed by atoms with Crippen molar-refractivity contribution in [3.63, 3.8) is 0 Å². The second kappa shape index (κ2) is 10.1. The van der Waals surface area contributed by atoms with E-state index >= 15 is 0 Å². The predicted molar refractivity (Wildman–Crippen MR) is 116 cm³/mol. The first-order chi connectivity index (χ1) is 14.5. The minimum Gasteiger partial charge on any atom is -0.493 e. The SMILES string of the molecule is CCCCCOc1c(OC)ccc2c1=NC(C)N(CCc1ccc([N+](=O)[O-])cc1)C=2. The Hall–Kier alpha value is -3.09. The van der Waals surface area contributed by atoms with E-state index in [1.165, 1.54) is 0 Å². The van der Waals surface area contributed by atoms with Crippen LogP contribution in [0.15, 0.2) is 41.4 Å². The van der Waals surface area contributed by atoms with Crippen molar-refractivity contribution in [2.75, 3.05) is 20.3 Å². The predicted octanol–water partition coefficient (Wildman–Crippen LogP) is 3.43. The molecule has 0 aliphatic carbocycles. The van der Waals surface area contributed by atoms with Crippen molar-refractivity contribution in [2.45, 2.75) is 45.7 Å². The summed E-state index contributed by atoms with van der Waals surface area (Å²) < 4.78 is 11.6. The van der Waals surface area contributed by atoms with Crippen molar-refractivity contribution in [3.05, 3.63) is 62.7 Å². The lowest BCUT2D eigenvalue weighted by Crippen LogP contribution is -2.42. The number of benzene rings is 2. The van der Waals surface area contributed by atoms with Crippen LogP contribution in [0.25, 0.3) is 6.20 Å². The molecular weight excluding hydrogens is 382 g/mol. The molecule has 0 spiro atoms. The lowest BCUT2D eigenvalue weighted by atomic mass is 10.1. The molecule has 2 aromatic carbocycles. The van der Waals surface area contributed by atoms with Gasteiger partial charge in [-0.05, 0) is 37.5 Å². The van der Waals surface area contributed by atoms with E-state index in [2.05, 4.69) is 24.9 Å². The Balaban J connectivity index is 1.77. The molecule has 0 saturated heterocycles. The zero-order valence-corrected chi connectivity index (χ0v) is 17.8. The largest absolute Gasteiger partial charge is 0.493 e. The summed E-state index contributed by atoms with van der Waals surface area (Å²) >= 11 is 0. The number of nitrogens with zero attached hydrogens (tertiary/aromatic N) is 3. The Labute approximate surface area is 176 Å². The zero-order chi connectivity index (χ0) is 21.5. The van der Waals surface area contributed by atoms with E-state index in [4.69, 9.17) is 14.5 Å². The number of hydrogen-bond acceptors (Lipinski definition) is 6. The van der Waals surface area contributed by atoms with E-state index in [0.717, 1.165) is 48.4 Å². The molecule has 0 bridgehead atoms. The van der Waals surface area contributed by atoms with Crippen LogP contribution in [-0.4, -0.2) is 36.3 Å². The van der Waals surface area contributed by atoms with Gasteiger partial charge >= 0.3 is 0 Å². The monoisotopic (exact) mass is 411 g/mol. The highest BCUT2D eigenvalue weighted by molar-refractivity contribution is 5.43. The van der Waals surface area contributed by atoms with Gasteiger partial charge in [0.1, 0.15) is 11.5 Å². The summed E-state index contributed by atoms with van der Waals surface area (Å²) in [7, 11) is 1.65. The summed E-state index contributed by atoms with van der Waals surface area (Å²) in [6.45, 7) is 5.63. The van der Waals surface area contributed by atoms with E-state index in [0.29, 0.717) is 18.1 Å². The first kappa shape index (κ1) is 21.6. The van der Waals surface area contributed by atoms with Crippen molar-refractivity contribution in [1.82, 2.24) is 4.90 Å². The quantitative estimate of drug-likeness (QED) is 0.340. The Morgan fingerprint density at radius 2 is 1.93 bits per heavy atom. The Bertz CT molecular complexity index is 989. The topological polar surface area (TPSA) is 77.2 Å². The number of fused-ring (bicyclic) bond motifs is 1. The first-order valence-electron chi connectivity index (χ1n) is 10.4. The summed E-state index contributed by atoms with van der Waals surface area (Å²) in [5.74, 6) is 1.41. The van der Waals surface area contributed by atoms with Crippen molar-refractivity contribution in [1.29, 1.82) is 0 Å². The number of rotatable bonds is 10. The summed E-state index contributed by atoms with van der Waals surface area (Å²) in [6, 6.07) is 10.6. The molecule has 0 saturated carbocycles. The third-order valence-electron chi connectivity index (χ3n) is 5.25. The zero-order valence-electron chi connectivity index (χ0n) is 17.8. The third-order valence-corrected chi connectivity index (χ3v) is 5.25. The molecule has 1 heterocycles. The number of non-ortho nitro benzene ring substituents is 1. The van der Waals surface area contributed by atoms with Gasteiger partial charge in [-0.15, -0.1) is 0 Å². The molecule has 0 amide bonds. The smallest absolute Gasteiger partial charge is 0.269 e. The van der Waals surface area contributed by atoms with Gasteiger partial charge in [0, 0.05) is 30.1 Å². The van der Waals surface area contributed by atoms with Gasteiger partial charge in [-0.25, -0.2) is 0 Å². The molecule has 2 aromatic rings. The van der Waals surface area contributed by atoms with Gasteiger partial charge in [0.05, 0.1) is 18.6 Å². The molecule has 1 atom stereocenters. The minimum absolute atomic E-state index is 0.0411. The number of unbranched alkanes of at least 4 members (excludes halogenated alkanes) is 2. The highest BCUT2D eigenvalue weighted by Crippen LogP contribution is 2.22. The molecule has 7 nitrogen and oxygen atoms in total. The van der Waals surface area contributed by atoms with Crippen LogP contribution in [0.5, 0.6) is 11.5 Å². The minimum atomic E-state index is -0.379. The second-order valence-electron chi connectivity index (χ2n) is 7.39. The molecule has 3 rings (SSSR count). The van der Waals surface area contributed by atoms with E-state index in [-0.39, 0.29) is 16.8 Å². The van der Waals surface area contributed by atoms with Crippen molar-refractivity contribution >= 4 is 11.9 Å². The van der Waals surface area contributed by atoms with Gasteiger partial charge in [-0.2, -0.15) is 0 Å². The van der Waals surface area contributed by atoms with Crippen LogP contribution < -0.4 is 20.0 Å². The number of nitro benzene ring substituents is 1. The molecule has 7 heteroatoms. The molecule has 1 aliphatic heterocycles. The average molecular weight is 412 g/mol. The Morgan fingerprint density at radius 1 is 1.17 bits per heavy atom. The number of ether oxygens (including phenoxy) is 2. The van der Waals surface area contributed by atoms with E-state index < -0.39 is 0 Å². The second-order valence-corrected chi connectivity index (χ2v) is 7.39. The van der Waals surface area contributed by atoms with Crippen LogP contribution in [0, 0.1) is 10.1 Å². The van der Waals surface area contributed by atoms with Crippen LogP contribution in [0.4, 0.5) is 5.69 Å². The maximum absolute atomic E-state index is 10.8. The standard InChI is InChI=1S/C23H29N3O4/c1-4-5-6-15-30-23-21(29-3)12-9-19-16-25(17(2)24-22(19)23)14-13-18-7-10-20(11-8-18)26(27)28/h7-12,16-17H,4-6,13-15H2,1-3H3. The summed E-state index contributed by atoms with van der Waals surface area (Å²) in [5, 5.41) is 12.7. The fourth-order valence-electron chi connectivity index (χ4n) is 3.47. The van der Waals surface area contributed by atoms with Crippen molar-refractivity contribution in [3.8, 4) is 11.5 Å². The van der Waals surface area contributed by atoms with Crippen molar-refractivity contribution < 1.29 is 14.4 Å². The van der Waals surface area contributed by atoms with Gasteiger partial charge in [-0.3, -0.25) is 15.1 Å². The highest BCUT2D eigenvalue weighted by atomic mass is 16.6. The lowest BCUT2D eigenvalue weighted by molar-refractivity contribution is -0.384. The third kappa shape index (κ3) is 5.09. The van der Waals surface area contributed by atoms with Crippen LogP contribution in [0.2, 0.25) is 0 Å². The molecule has 0 radical (unpaired) electrons. The van der Waals surface area contributed by atoms with E-state index in [1.54, 1.807) is 19.2 Å². The van der Waals surface area contributed by atoms with E-state index in [9.17, 15) is 10.1 Å². The molecule has 0 fully saturated rings. The van der Waals surface area contributed by atoms with Crippen LogP contribution in [-0.2, 0) is 6.42 Å². The molecule has 1 aliphatic rings. The lowest BCUT2D eigenvalue weighted by Gasteiger charge is -2.28. The number of methoxy groups -OCH3 is 1. The average Bonchev–Trinajstić information content (AvgIpc) is 2.75. The normalized spacial score (nSPS) is 15.0. The van der Waals surface area contributed by atoms with Crippen LogP contribution >= 0.6 is 0 Å². The fourth-order valence-corrected chi connectivity index (χ4v) is 3.47. The van der Waals surface area contributed by atoms with Crippen molar-refractivity contribution in [2.24, 2.45) is 4.99 Å². The molecular formula is C23H29N3O4. The van der Waals surface area contributed by atoms with Crippen LogP contribution in [0.3, 0.4) is 0 Å². The molecule has 0 aromatic heterocycles. The van der Waals surface area contributed by atoms with Crippen LogP contribution in [0.1, 0.15) is 38.7 Å². The van der Waals surface area contributed by atoms with E-state index in [1.807, 2.05) is 24.3 Å². The highest BCUT2D eigenvalue weighted by Gasteiger charge is 2.17. The van der Waals surface area contributed by atoms with Gasteiger partial charge < -0.3 is 14.4 Å². The molecule has 1 unspecified atom stereocenters. The first-order valence-corrected chi connectivity index (χ1v) is 10.4. The molecule has 160 valence electrons. The van der Waals surface area contributed by atoms with Gasteiger partial charge in [0.15, 0.2) is 11.5 Å². The maximum Gasteiger partial charge on any atom is 0.269 e. The summed E-state index contributed by atoms with van der Waals surface area (Å²) in [5.41, 5.74) is 1.17. The number of hydrogen-bond donors (Lipinski definition) is 0. The fraction of sp³-hybridized carbons (Fsp3) is 0.435. The summed E-state index contributed by atoms with van der Waals surface area (Å²) in [6.07, 6.45) is 6.13. The Kier molecular flexibility index (Phi) is 7.27. The number of nitro groups is 1. The molecule has 30 heavy (non-hydrogen) atoms. The van der Waals surface area contributed by atoms with Gasteiger partial charge in [0.2, 0.25) is 0 Å². The summed E-state index contributed by atoms with van der Waals surface area (Å²) in [4.78, 5) is 17.5. The maximum atomic E-state index is 10.8.